The van der Waals surface area contributed by atoms with Gasteiger partial charge in [0.25, 0.3) is 0 Å². The van der Waals surface area contributed by atoms with Gasteiger partial charge in [-0.1, -0.05) is 59.7 Å². The Morgan fingerprint density at radius 3 is 2.14 bits per heavy atom. The largest absolute Gasteiger partial charge is 0.264 e. The molecule has 0 saturated carbocycles. The van der Waals surface area contributed by atoms with Gasteiger partial charge in [-0.05, 0) is 22.0 Å². The van der Waals surface area contributed by atoms with Crippen LogP contribution >= 0.6 is 0 Å². The molecule has 5 heteroatoms. The van der Waals surface area contributed by atoms with E-state index in [-0.39, 0.29) is 30.9 Å². The average Bonchev–Trinajstić information content (AvgIpc) is 3.09. The second-order valence-electron chi connectivity index (χ2n) is 8.77. The Balaban J connectivity index is 0.00000280. The predicted molar refractivity (Wildman–Crippen MR) is 109 cm³/mol. The minimum Gasteiger partial charge on any atom is -0.264 e. The Morgan fingerprint density at radius 2 is 1.61 bits per heavy atom. The molecule has 0 atom stereocenters. The van der Waals surface area contributed by atoms with Crippen LogP contribution in [0.1, 0.15) is 52.7 Å². The van der Waals surface area contributed by atoms with Crippen molar-refractivity contribution < 1.29 is 20.1 Å². The summed E-state index contributed by atoms with van der Waals surface area (Å²) in [7, 11) is 0. The van der Waals surface area contributed by atoms with E-state index >= 15 is 0 Å². The maximum atomic E-state index is 7.28. The second-order valence-corrected chi connectivity index (χ2v) is 8.77. The first-order chi connectivity index (χ1) is 12.6. The van der Waals surface area contributed by atoms with Gasteiger partial charge in [0.15, 0.2) is 0 Å². The molecule has 147 valence electrons. The monoisotopic (exact) mass is 550 g/mol. The summed E-state index contributed by atoms with van der Waals surface area (Å²) in [5.41, 5.74) is 4.71. The standard InChI is InChI=1S/C23H25N4.Ir/c1-22(2,3)18-12-9-13-19(23(4,5)6)20(18)27-21(25-15-26-27)16-10-8-11-17(14-16)24-7;/h8-9,11-15H,1-6H3;/q-1;. The van der Waals surface area contributed by atoms with Gasteiger partial charge in [0.2, 0.25) is 0 Å². The van der Waals surface area contributed by atoms with E-state index in [0.717, 1.165) is 11.3 Å². The molecule has 1 heterocycles. The Bertz CT molecular complexity index is 982. The third kappa shape index (κ3) is 4.24. The molecule has 1 aromatic heterocycles. The zero-order valence-electron chi connectivity index (χ0n) is 17.2. The molecule has 2 aromatic carbocycles. The van der Waals surface area contributed by atoms with E-state index in [1.54, 1.807) is 18.5 Å². The van der Waals surface area contributed by atoms with Gasteiger partial charge in [-0.3, -0.25) is 14.5 Å². The molecule has 0 aliphatic rings. The topological polar surface area (TPSA) is 35.1 Å². The summed E-state index contributed by atoms with van der Waals surface area (Å²) in [6, 6.07) is 15.0. The minimum absolute atomic E-state index is 0. The van der Waals surface area contributed by atoms with Crippen molar-refractivity contribution in [1.82, 2.24) is 14.8 Å². The number of hydrogen-bond donors (Lipinski definition) is 0. The zero-order chi connectivity index (χ0) is 19.8. The van der Waals surface area contributed by atoms with Crippen LogP contribution in [0.2, 0.25) is 0 Å². The van der Waals surface area contributed by atoms with Gasteiger partial charge in [0.05, 0.1) is 18.1 Å². The van der Waals surface area contributed by atoms with Crippen LogP contribution in [-0.2, 0) is 30.9 Å². The summed E-state index contributed by atoms with van der Waals surface area (Å²) >= 11 is 0. The second kappa shape index (κ2) is 7.99. The van der Waals surface area contributed by atoms with Crippen molar-refractivity contribution in [3.63, 3.8) is 0 Å². The van der Waals surface area contributed by atoms with Crippen molar-refractivity contribution in [1.29, 1.82) is 0 Å². The summed E-state index contributed by atoms with van der Waals surface area (Å²) < 4.78 is 1.90. The molecule has 0 spiro atoms. The molecule has 1 radical (unpaired) electrons. The average molecular weight is 550 g/mol. The Kier molecular flexibility index (Phi) is 6.28. The maximum Gasteiger partial charge on any atom is 0.127 e. The third-order valence-corrected chi connectivity index (χ3v) is 4.57. The summed E-state index contributed by atoms with van der Waals surface area (Å²) in [5, 5.41) is 4.57. The molecule has 0 amide bonds. The van der Waals surface area contributed by atoms with E-state index < -0.39 is 0 Å². The van der Waals surface area contributed by atoms with Crippen molar-refractivity contribution in [3.8, 4) is 17.1 Å². The fourth-order valence-corrected chi connectivity index (χ4v) is 3.22. The zero-order valence-corrected chi connectivity index (χ0v) is 19.6. The fourth-order valence-electron chi connectivity index (χ4n) is 3.22. The van der Waals surface area contributed by atoms with E-state index in [0.29, 0.717) is 11.5 Å². The first-order valence-corrected chi connectivity index (χ1v) is 9.07. The van der Waals surface area contributed by atoms with Crippen LogP contribution in [0.5, 0.6) is 0 Å². The molecule has 28 heavy (non-hydrogen) atoms. The van der Waals surface area contributed by atoms with Crippen LogP contribution in [0, 0.1) is 12.6 Å². The molecule has 0 saturated heterocycles. The molecule has 0 fully saturated rings. The summed E-state index contributed by atoms with van der Waals surface area (Å²) in [4.78, 5) is 8.03. The fraction of sp³-hybridized carbons (Fsp3) is 0.348. The van der Waals surface area contributed by atoms with Gasteiger partial charge >= 0.3 is 0 Å². The molecule has 3 rings (SSSR count). The Morgan fingerprint density at radius 1 is 1.00 bits per heavy atom. The number of benzene rings is 2. The van der Waals surface area contributed by atoms with Crippen molar-refractivity contribution in [2.75, 3.05) is 0 Å². The quantitative estimate of drug-likeness (QED) is 0.375. The van der Waals surface area contributed by atoms with Crippen molar-refractivity contribution in [3.05, 3.63) is 71.3 Å². The molecule has 0 bridgehead atoms. The SMILES string of the molecule is [C-]#[N+]c1cc[c-]c(-c2ncnn2-c2c(C(C)(C)C)cccc2C(C)(C)C)c1.[Ir]. The Hall–Kier alpha value is -2.28. The van der Waals surface area contributed by atoms with E-state index in [2.05, 4.69) is 80.7 Å². The molecule has 0 aliphatic carbocycles. The van der Waals surface area contributed by atoms with Gasteiger partial charge in [0, 0.05) is 20.1 Å². The van der Waals surface area contributed by atoms with E-state index in [1.165, 1.54) is 11.1 Å². The van der Waals surface area contributed by atoms with Crippen molar-refractivity contribution >= 4 is 5.69 Å². The van der Waals surface area contributed by atoms with Crippen molar-refractivity contribution in [2.24, 2.45) is 0 Å². The molecule has 0 aliphatic heterocycles. The van der Waals surface area contributed by atoms with Crippen LogP contribution in [0.4, 0.5) is 5.69 Å². The van der Waals surface area contributed by atoms with Gasteiger partial charge < -0.3 is 0 Å². The van der Waals surface area contributed by atoms with Crippen LogP contribution in [0.3, 0.4) is 0 Å². The molecular formula is C23H25IrN4-. The maximum absolute atomic E-state index is 7.28. The normalized spacial score (nSPS) is 11.6. The number of hydrogen-bond acceptors (Lipinski definition) is 2. The van der Waals surface area contributed by atoms with E-state index in [1.807, 2.05) is 10.7 Å². The van der Waals surface area contributed by atoms with Crippen LogP contribution in [0.15, 0.2) is 42.7 Å². The smallest absolute Gasteiger partial charge is 0.127 e. The Labute approximate surface area is 181 Å². The van der Waals surface area contributed by atoms with Gasteiger partial charge in [0.1, 0.15) is 12.0 Å². The van der Waals surface area contributed by atoms with Gasteiger partial charge in [-0.25, -0.2) is 0 Å². The number of para-hydroxylation sites is 1. The molecule has 0 unspecified atom stereocenters. The van der Waals surface area contributed by atoms with E-state index in [4.69, 9.17) is 6.57 Å². The summed E-state index contributed by atoms with van der Waals surface area (Å²) in [5.74, 6) is 0.697. The number of aromatic nitrogens is 3. The third-order valence-electron chi connectivity index (χ3n) is 4.57. The molecule has 3 aromatic rings. The van der Waals surface area contributed by atoms with Crippen molar-refractivity contribution in [2.45, 2.75) is 52.4 Å². The number of nitrogens with zero attached hydrogens (tertiary/aromatic N) is 4. The van der Waals surface area contributed by atoms with Crippen LogP contribution in [0.25, 0.3) is 21.9 Å². The van der Waals surface area contributed by atoms with Gasteiger partial charge in [-0.2, -0.15) is 11.2 Å². The summed E-state index contributed by atoms with van der Waals surface area (Å²) in [6.07, 6.45) is 1.57. The minimum atomic E-state index is -0.0537. The number of rotatable bonds is 2. The van der Waals surface area contributed by atoms with Crippen LogP contribution in [-0.4, -0.2) is 14.8 Å². The predicted octanol–water partition coefficient (Wildman–Crippen LogP) is 5.88. The summed E-state index contributed by atoms with van der Waals surface area (Å²) in [6.45, 7) is 20.5. The van der Waals surface area contributed by atoms with E-state index in [9.17, 15) is 0 Å². The molecule has 0 N–H and O–H groups in total. The van der Waals surface area contributed by atoms with Crippen LogP contribution < -0.4 is 0 Å². The molecular weight excluding hydrogens is 524 g/mol. The first-order valence-electron chi connectivity index (χ1n) is 9.07. The first kappa shape index (κ1) is 22.0. The van der Waals surface area contributed by atoms with Gasteiger partial charge in [-0.15, -0.1) is 23.8 Å². The molecule has 4 nitrogen and oxygen atoms in total.